The van der Waals surface area contributed by atoms with E-state index in [9.17, 15) is 0 Å². The topological polar surface area (TPSA) is 42.2 Å². The molecule has 0 radical (unpaired) electrons. The molecule has 1 atom stereocenters. The van der Waals surface area contributed by atoms with Gasteiger partial charge in [-0.25, -0.2) is 0 Å². The van der Waals surface area contributed by atoms with Crippen molar-refractivity contribution in [1.82, 2.24) is 15.0 Å². The number of aromatic nitrogens is 2. The van der Waals surface area contributed by atoms with E-state index in [-0.39, 0.29) is 5.28 Å². The van der Waals surface area contributed by atoms with Gasteiger partial charge in [-0.05, 0) is 55.0 Å². The Labute approximate surface area is 87.2 Å². The normalized spacial score (nSPS) is 36.2. The number of halogens is 1. The van der Waals surface area contributed by atoms with Crippen LogP contribution in [0.15, 0.2) is 4.52 Å². The predicted octanol–water partition coefficient (Wildman–Crippen LogP) is 1.88. The zero-order valence-corrected chi connectivity index (χ0v) is 8.57. The van der Waals surface area contributed by atoms with Gasteiger partial charge in [-0.2, -0.15) is 4.98 Å². The molecule has 5 heteroatoms. The van der Waals surface area contributed by atoms with Crippen molar-refractivity contribution < 1.29 is 4.52 Å². The molecule has 1 aromatic heterocycles. The summed E-state index contributed by atoms with van der Waals surface area (Å²) in [5, 5.41) is 3.85. The van der Waals surface area contributed by atoms with E-state index in [2.05, 4.69) is 15.0 Å². The fraction of sp³-hybridized carbons (Fsp3) is 0.778. The van der Waals surface area contributed by atoms with Crippen LogP contribution in [0.1, 0.15) is 31.2 Å². The molecule has 14 heavy (non-hydrogen) atoms. The van der Waals surface area contributed by atoms with Crippen LogP contribution in [0.4, 0.5) is 0 Å². The summed E-state index contributed by atoms with van der Waals surface area (Å²) in [4.78, 5) is 6.52. The highest BCUT2D eigenvalue weighted by molar-refractivity contribution is 6.28. The molecular formula is C9H12ClN3O. The van der Waals surface area contributed by atoms with E-state index < -0.39 is 0 Å². The molecule has 3 saturated heterocycles. The van der Waals surface area contributed by atoms with Gasteiger partial charge in [0.05, 0.1) is 6.04 Å². The van der Waals surface area contributed by atoms with Gasteiger partial charge in [-0.15, -0.1) is 0 Å². The summed E-state index contributed by atoms with van der Waals surface area (Å²) < 4.78 is 5.12. The summed E-state index contributed by atoms with van der Waals surface area (Å²) in [6, 6.07) is 0.322. The Hall–Kier alpha value is -0.610. The van der Waals surface area contributed by atoms with Gasteiger partial charge in [0.15, 0.2) is 0 Å². The average Bonchev–Trinajstić information content (AvgIpc) is 2.66. The fourth-order valence-corrected chi connectivity index (χ4v) is 2.69. The standard InChI is InChI=1S/C9H12ClN3O/c10-9-11-8(14-12-9)7-5-6-1-3-13(7)4-2-6/h6-7H,1-5H2. The third-order valence-corrected chi connectivity index (χ3v) is 3.50. The van der Waals surface area contributed by atoms with Crippen LogP contribution in [0.2, 0.25) is 5.28 Å². The van der Waals surface area contributed by atoms with Crippen molar-refractivity contribution in [3.05, 3.63) is 11.2 Å². The van der Waals surface area contributed by atoms with Gasteiger partial charge in [0.25, 0.3) is 5.28 Å². The molecule has 0 aliphatic carbocycles. The van der Waals surface area contributed by atoms with Crippen molar-refractivity contribution in [3.8, 4) is 0 Å². The molecule has 0 aromatic carbocycles. The molecule has 0 spiro atoms. The van der Waals surface area contributed by atoms with Crippen LogP contribution in [0.5, 0.6) is 0 Å². The van der Waals surface area contributed by atoms with Gasteiger partial charge in [0, 0.05) is 0 Å². The quantitative estimate of drug-likeness (QED) is 0.715. The van der Waals surface area contributed by atoms with Crippen molar-refractivity contribution in [3.63, 3.8) is 0 Å². The summed E-state index contributed by atoms with van der Waals surface area (Å²) in [5.74, 6) is 1.54. The Kier molecular flexibility index (Phi) is 1.99. The maximum Gasteiger partial charge on any atom is 0.263 e. The van der Waals surface area contributed by atoms with Crippen LogP contribution < -0.4 is 0 Å². The van der Waals surface area contributed by atoms with Crippen molar-refractivity contribution >= 4 is 11.6 Å². The number of nitrogens with zero attached hydrogens (tertiary/aromatic N) is 3. The third kappa shape index (κ3) is 1.33. The number of hydrogen-bond donors (Lipinski definition) is 0. The van der Waals surface area contributed by atoms with Crippen molar-refractivity contribution in [2.45, 2.75) is 25.3 Å². The second-order valence-electron chi connectivity index (χ2n) is 4.13. The molecule has 4 rings (SSSR count). The monoisotopic (exact) mass is 213 g/mol. The number of rotatable bonds is 1. The third-order valence-electron chi connectivity index (χ3n) is 3.35. The van der Waals surface area contributed by atoms with Crippen LogP contribution in [0, 0.1) is 5.92 Å². The zero-order valence-electron chi connectivity index (χ0n) is 7.82. The molecule has 4 heterocycles. The SMILES string of the molecule is Clc1noc(C2CC3CCN2CC3)n1. The first-order chi connectivity index (χ1) is 6.83. The van der Waals surface area contributed by atoms with Gasteiger partial charge < -0.3 is 4.52 Å². The van der Waals surface area contributed by atoms with E-state index in [0.717, 1.165) is 25.4 Å². The second-order valence-corrected chi connectivity index (χ2v) is 4.47. The molecule has 0 amide bonds. The molecule has 0 N–H and O–H groups in total. The summed E-state index contributed by atoms with van der Waals surface area (Å²) in [6.45, 7) is 2.32. The lowest BCUT2D eigenvalue weighted by Gasteiger charge is -2.43. The van der Waals surface area contributed by atoms with E-state index in [1.54, 1.807) is 0 Å². The zero-order chi connectivity index (χ0) is 9.54. The lowest BCUT2D eigenvalue weighted by molar-refractivity contribution is 0.0317. The van der Waals surface area contributed by atoms with E-state index in [1.807, 2.05) is 0 Å². The first-order valence-electron chi connectivity index (χ1n) is 5.06. The molecule has 3 fully saturated rings. The van der Waals surface area contributed by atoms with Crippen LogP contribution in [-0.2, 0) is 0 Å². The summed E-state index contributed by atoms with van der Waals surface area (Å²) in [6.07, 6.45) is 3.79. The lowest BCUT2D eigenvalue weighted by atomic mass is 9.83. The largest absolute Gasteiger partial charge is 0.336 e. The highest BCUT2D eigenvalue weighted by atomic mass is 35.5. The van der Waals surface area contributed by atoms with E-state index >= 15 is 0 Å². The predicted molar refractivity (Wildman–Crippen MR) is 51.0 cm³/mol. The maximum absolute atomic E-state index is 5.65. The Morgan fingerprint density at radius 2 is 2.14 bits per heavy atom. The molecular weight excluding hydrogens is 202 g/mol. The number of piperidine rings is 3. The smallest absolute Gasteiger partial charge is 0.263 e. The van der Waals surface area contributed by atoms with Gasteiger partial charge in [0.2, 0.25) is 5.89 Å². The maximum atomic E-state index is 5.65. The first-order valence-corrected chi connectivity index (χ1v) is 5.44. The molecule has 0 saturated carbocycles. The van der Waals surface area contributed by atoms with Crippen LogP contribution in [0.3, 0.4) is 0 Å². The Balaban J connectivity index is 1.85. The average molecular weight is 214 g/mol. The summed E-state index contributed by atoms with van der Waals surface area (Å²) in [7, 11) is 0. The molecule has 3 aliphatic heterocycles. The minimum Gasteiger partial charge on any atom is -0.336 e. The van der Waals surface area contributed by atoms with E-state index in [4.69, 9.17) is 16.1 Å². The van der Waals surface area contributed by atoms with E-state index in [0.29, 0.717) is 11.9 Å². The van der Waals surface area contributed by atoms with Gasteiger partial charge in [-0.1, -0.05) is 0 Å². The number of hydrogen-bond acceptors (Lipinski definition) is 4. The molecule has 76 valence electrons. The molecule has 1 aromatic rings. The van der Waals surface area contributed by atoms with Crippen molar-refractivity contribution in [1.29, 1.82) is 0 Å². The second kappa shape index (κ2) is 3.21. The minimum atomic E-state index is 0.225. The highest BCUT2D eigenvalue weighted by Crippen LogP contribution is 2.39. The molecule has 3 aliphatic rings. The van der Waals surface area contributed by atoms with Crippen LogP contribution in [-0.4, -0.2) is 28.1 Å². The van der Waals surface area contributed by atoms with Gasteiger partial charge in [-0.3, -0.25) is 4.90 Å². The Bertz CT molecular complexity index is 333. The summed E-state index contributed by atoms with van der Waals surface area (Å²) >= 11 is 5.65. The van der Waals surface area contributed by atoms with Gasteiger partial charge in [0.1, 0.15) is 0 Å². The highest BCUT2D eigenvalue weighted by Gasteiger charge is 2.37. The van der Waals surface area contributed by atoms with E-state index in [1.165, 1.54) is 12.8 Å². The van der Waals surface area contributed by atoms with Gasteiger partial charge >= 0.3 is 0 Å². The summed E-state index contributed by atoms with van der Waals surface area (Å²) in [5.41, 5.74) is 0. The number of fused-ring (bicyclic) bond motifs is 3. The molecule has 4 nitrogen and oxygen atoms in total. The Morgan fingerprint density at radius 1 is 1.36 bits per heavy atom. The van der Waals surface area contributed by atoms with Crippen LogP contribution in [0.25, 0.3) is 0 Å². The fourth-order valence-electron chi connectivity index (χ4n) is 2.57. The van der Waals surface area contributed by atoms with Crippen LogP contribution >= 0.6 is 11.6 Å². The molecule has 1 unspecified atom stereocenters. The van der Waals surface area contributed by atoms with Crippen molar-refractivity contribution in [2.24, 2.45) is 5.92 Å². The molecule has 2 bridgehead atoms. The first kappa shape index (κ1) is 8.68. The Morgan fingerprint density at radius 3 is 2.64 bits per heavy atom. The van der Waals surface area contributed by atoms with Crippen molar-refractivity contribution in [2.75, 3.05) is 13.1 Å². The lowest BCUT2D eigenvalue weighted by Crippen LogP contribution is -2.43. The minimum absolute atomic E-state index is 0.225.